The number of nitrogens with one attached hydrogen (secondary N) is 2. The average Bonchev–Trinajstić information content (AvgIpc) is 2.88. The summed E-state index contributed by atoms with van der Waals surface area (Å²) in [6.45, 7) is 2.95. The van der Waals surface area contributed by atoms with E-state index in [-0.39, 0.29) is 0 Å². The molecule has 4 nitrogen and oxygen atoms in total. The van der Waals surface area contributed by atoms with Crippen LogP contribution in [0.1, 0.15) is 18.2 Å². The number of rotatable bonds is 3. The molecule has 94 valence electrons. The van der Waals surface area contributed by atoms with E-state index < -0.39 is 0 Å². The summed E-state index contributed by atoms with van der Waals surface area (Å²) < 4.78 is 3.17. The minimum absolute atomic E-state index is 0.791. The van der Waals surface area contributed by atoms with E-state index in [4.69, 9.17) is 4.98 Å². The van der Waals surface area contributed by atoms with Gasteiger partial charge in [0.15, 0.2) is 0 Å². The van der Waals surface area contributed by atoms with Crippen LogP contribution in [0.25, 0.3) is 16.8 Å². The van der Waals surface area contributed by atoms with Gasteiger partial charge in [0, 0.05) is 6.54 Å². The lowest BCUT2D eigenvalue weighted by atomic mass is 10.1. The topological polar surface area (TPSA) is 45.1 Å². The highest BCUT2D eigenvalue weighted by Gasteiger charge is 2.14. The standard InChI is InChI=1S/C13H15BrN4/c1-3-8-5-4-6-10-11(8)17-13-16-9(7-15-2)12(14)18(10)13/h4-6,15H,3,7H2,1-2H3,(H,16,17). The van der Waals surface area contributed by atoms with Crippen LogP contribution in [-0.4, -0.2) is 21.4 Å². The fourth-order valence-electron chi connectivity index (χ4n) is 2.34. The van der Waals surface area contributed by atoms with Crippen molar-refractivity contribution in [3.05, 3.63) is 34.1 Å². The third-order valence-corrected chi connectivity index (χ3v) is 4.04. The second-order valence-electron chi connectivity index (χ2n) is 4.33. The van der Waals surface area contributed by atoms with Gasteiger partial charge in [-0.15, -0.1) is 0 Å². The summed E-state index contributed by atoms with van der Waals surface area (Å²) in [5.41, 5.74) is 4.63. The Morgan fingerprint density at radius 3 is 3.00 bits per heavy atom. The Balaban J connectivity index is 2.34. The summed E-state index contributed by atoms with van der Waals surface area (Å²) in [5.74, 6) is 0.892. The van der Waals surface area contributed by atoms with Crippen molar-refractivity contribution in [1.29, 1.82) is 0 Å². The predicted octanol–water partition coefficient (Wildman–Crippen LogP) is 2.86. The number of benzene rings is 1. The Kier molecular flexibility index (Phi) is 2.87. The fourth-order valence-corrected chi connectivity index (χ4v) is 2.94. The lowest BCUT2D eigenvalue weighted by Crippen LogP contribution is -2.05. The van der Waals surface area contributed by atoms with Crippen molar-refractivity contribution in [3.63, 3.8) is 0 Å². The third kappa shape index (κ3) is 1.58. The number of halogens is 1. The van der Waals surface area contributed by atoms with E-state index in [9.17, 15) is 0 Å². The molecule has 18 heavy (non-hydrogen) atoms. The van der Waals surface area contributed by atoms with E-state index >= 15 is 0 Å². The Bertz CT molecular complexity index is 710. The molecule has 1 aromatic carbocycles. The number of nitrogens with zero attached hydrogens (tertiary/aromatic N) is 2. The summed E-state index contributed by atoms with van der Waals surface area (Å²) in [4.78, 5) is 8.05. The van der Waals surface area contributed by atoms with Gasteiger partial charge < -0.3 is 10.3 Å². The lowest BCUT2D eigenvalue weighted by Gasteiger charge is -2.00. The quantitative estimate of drug-likeness (QED) is 0.781. The molecule has 2 aromatic heterocycles. The van der Waals surface area contributed by atoms with Crippen LogP contribution < -0.4 is 5.32 Å². The zero-order valence-corrected chi connectivity index (χ0v) is 12.0. The van der Waals surface area contributed by atoms with Crippen LogP contribution in [0.4, 0.5) is 0 Å². The molecular weight excluding hydrogens is 292 g/mol. The molecule has 3 rings (SSSR count). The molecule has 0 aliphatic carbocycles. The average molecular weight is 307 g/mol. The largest absolute Gasteiger partial charge is 0.325 e. The zero-order valence-electron chi connectivity index (χ0n) is 10.4. The second-order valence-corrected chi connectivity index (χ2v) is 5.09. The molecule has 0 radical (unpaired) electrons. The summed E-state index contributed by atoms with van der Waals surface area (Å²) >= 11 is 3.65. The van der Waals surface area contributed by atoms with E-state index in [2.05, 4.69) is 55.8 Å². The Morgan fingerprint density at radius 1 is 1.44 bits per heavy atom. The SMILES string of the molecule is CCc1cccc2c1nc1[nH]c(CNC)c(Br)n12. The number of imidazole rings is 2. The summed E-state index contributed by atoms with van der Waals surface area (Å²) in [7, 11) is 1.93. The van der Waals surface area contributed by atoms with Gasteiger partial charge in [-0.1, -0.05) is 19.1 Å². The van der Waals surface area contributed by atoms with Crippen LogP contribution in [0.3, 0.4) is 0 Å². The number of para-hydroxylation sites is 1. The second kappa shape index (κ2) is 4.40. The first-order valence-corrected chi connectivity index (χ1v) is 6.86. The highest BCUT2D eigenvalue weighted by atomic mass is 79.9. The molecule has 0 saturated heterocycles. The zero-order chi connectivity index (χ0) is 12.7. The van der Waals surface area contributed by atoms with E-state index in [1.165, 1.54) is 5.56 Å². The fraction of sp³-hybridized carbons (Fsp3) is 0.308. The molecule has 0 amide bonds. The van der Waals surface area contributed by atoms with Crippen molar-refractivity contribution in [1.82, 2.24) is 19.7 Å². The number of aromatic nitrogens is 3. The number of hydrogen-bond acceptors (Lipinski definition) is 2. The van der Waals surface area contributed by atoms with Crippen LogP contribution in [-0.2, 0) is 13.0 Å². The van der Waals surface area contributed by atoms with Crippen molar-refractivity contribution in [3.8, 4) is 0 Å². The lowest BCUT2D eigenvalue weighted by molar-refractivity contribution is 0.793. The van der Waals surface area contributed by atoms with Crippen molar-refractivity contribution in [2.75, 3.05) is 7.05 Å². The molecule has 3 aromatic rings. The molecule has 0 spiro atoms. The first-order valence-electron chi connectivity index (χ1n) is 6.07. The monoisotopic (exact) mass is 306 g/mol. The van der Waals surface area contributed by atoms with Gasteiger partial charge in [0.25, 0.3) is 0 Å². The molecule has 5 heteroatoms. The maximum atomic E-state index is 4.70. The van der Waals surface area contributed by atoms with Gasteiger partial charge in [-0.05, 0) is 41.0 Å². The number of H-pyrrole nitrogens is 1. The van der Waals surface area contributed by atoms with Crippen LogP contribution in [0.5, 0.6) is 0 Å². The summed E-state index contributed by atoms with van der Waals surface area (Å²) in [6, 6.07) is 6.33. The van der Waals surface area contributed by atoms with E-state index in [0.717, 1.165) is 40.1 Å². The van der Waals surface area contributed by atoms with E-state index in [1.807, 2.05) is 7.05 Å². The minimum Gasteiger partial charge on any atom is -0.325 e. The first-order chi connectivity index (χ1) is 8.76. The molecule has 2 N–H and O–H groups in total. The van der Waals surface area contributed by atoms with Gasteiger partial charge >= 0.3 is 0 Å². The molecule has 0 bridgehead atoms. The highest BCUT2D eigenvalue weighted by Crippen LogP contribution is 2.26. The number of aromatic amines is 1. The highest BCUT2D eigenvalue weighted by molar-refractivity contribution is 9.10. The molecule has 0 saturated carbocycles. The van der Waals surface area contributed by atoms with Gasteiger partial charge in [0.05, 0.1) is 16.7 Å². The Hall–Kier alpha value is -1.33. The van der Waals surface area contributed by atoms with Gasteiger partial charge in [0.1, 0.15) is 4.60 Å². The summed E-state index contributed by atoms with van der Waals surface area (Å²) in [6.07, 6.45) is 0.999. The van der Waals surface area contributed by atoms with Crippen LogP contribution in [0.2, 0.25) is 0 Å². The Morgan fingerprint density at radius 2 is 2.28 bits per heavy atom. The maximum absolute atomic E-state index is 4.70. The van der Waals surface area contributed by atoms with E-state index in [1.54, 1.807) is 0 Å². The summed E-state index contributed by atoms with van der Waals surface area (Å²) in [5, 5.41) is 3.14. The van der Waals surface area contributed by atoms with Crippen LogP contribution in [0.15, 0.2) is 22.8 Å². The van der Waals surface area contributed by atoms with E-state index in [0.29, 0.717) is 0 Å². The van der Waals surface area contributed by atoms with Crippen molar-refractivity contribution in [2.45, 2.75) is 19.9 Å². The van der Waals surface area contributed by atoms with Gasteiger partial charge in [-0.25, -0.2) is 4.98 Å². The molecule has 0 unspecified atom stereocenters. The predicted molar refractivity (Wildman–Crippen MR) is 76.9 cm³/mol. The van der Waals surface area contributed by atoms with Gasteiger partial charge in [-0.2, -0.15) is 0 Å². The minimum atomic E-state index is 0.791. The molecule has 0 atom stereocenters. The van der Waals surface area contributed by atoms with Crippen LogP contribution >= 0.6 is 15.9 Å². The molecular formula is C13H15BrN4. The molecule has 0 aliphatic rings. The molecule has 2 heterocycles. The Labute approximate surface area is 114 Å². The van der Waals surface area contributed by atoms with Gasteiger partial charge in [0.2, 0.25) is 5.78 Å². The first kappa shape index (κ1) is 11.7. The maximum Gasteiger partial charge on any atom is 0.213 e. The number of aryl methyl sites for hydroxylation is 1. The molecule has 0 aliphatic heterocycles. The number of fused-ring (bicyclic) bond motifs is 3. The van der Waals surface area contributed by atoms with Crippen LogP contribution in [0, 0.1) is 0 Å². The smallest absolute Gasteiger partial charge is 0.213 e. The van der Waals surface area contributed by atoms with Crippen molar-refractivity contribution in [2.24, 2.45) is 0 Å². The van der Waals surface area contributed by atoms with Crippen molar-refractivity contribution < 1.29 is 0 Å². The van der Waals surface area contributed by atoms with Crippen molar-refractivity contribution >= 4 is 32.7 Å². The normalized spacial score (nSPS) is 11.7. The number of hydrogen-bond donors (Lipinski definition) is 2. The van der Waals surface area contributed by atoms with Gasteiger partial charge in [-0.3, -0.25) is 4.40 Å². The molecule has 0 fully saturated rings. The third-order valence-electron chi connectivity index (χ3n) is 3.21.